The molecule has 5 aromatic rings. The highest BCUT2D eigenvalue weighted by atomic mass is 16.1. The van der Waals surface area contributed by atoms with E-state index in [-0.39, 0.29) is 5.91 Å². The summed E-state index contributed by atoms with van der Waals surface area (Å²) in [5, 5.41) is 7.10. The monoisotopic (exact) mass is 403 g/mol. The van der Waals surface area contributed by atoms with E-state index in [0.29, 0.717) is 12.1 Å². The van der Waals surface area contributed by atoms with Crippen molar-refractivity contribution in [2.75, 3.05) is 0 Å². The van der Waals surface area contributed by atoms with Gasteiger partial charge in [-0.3, -0.25) is 14.8 Å². The Morgan fingerprint density at radius 2 is 1.65 bits per heavy atom. The molecule has 0 aliphatic carbocycles. The van der Waals surface area contributed by atoms with E-state index in [4.69, 9.17) is 0 Å². The maximum atomic E-state index is 12.9. The minimum atomic E-state index is -0.100. The van der Waals surface area contributed by atoms with Crippen molar-refractivity contribution in [1.82, 2.24) is 15.3 Å². The van der Waals surface area contributed by atoms with Gasteiger partial charge in [-0.25, -0.2) is 0 Å². The van der Waals surface area contributed by atoms with Crippen LogP contribution in [0.3, 0.4) is 0 Å². The molecular formula is C27H21N3O. The molecule has 0 fully saturated rings. The van der Waals surface area contributed by atoms with Crippen molar-refractivity contribution in [1.29, 1.82) is 0 Å². The lowest BCUT2D eigenvalue weighted by Crippen LogP contribution is -2.23. The topological polar surface area (TPSA) is 54.9 Å². The van der Waals surface area contributed by atoms with Crippen LogP contribution < -0.4 is 5.32 Å². The second-order valence-corrected chi connectivity index (χ2v) is 7.65. The van der Waals surface area contributed by atoms with Crippen LogP contribution >= 0.6 is 0 Å². The summed E-state index contributed by atoms with van der Waals surface area (Å²) in [6.07, 6.45) is 7.17. The van der Waals surface area contributed by atoms with Gasteiger partial charge in [0.25, 0.3) is 5.91 Å². The van der Waals surface area contributed by atoms with E-state index < -0.39 is 0 Å². The lowest BCUT2D eigenvalue weighted by atomic mass is 9.95. The first-order chi connectivity index (χ1) is 15.2. The van der Waals surface area contributed by atoms with Crippen LogP contribution in [0.1, 0.15) is 21.5 Å². The quantitative estimate of drug-likeness (QED) is 0.419. The zero-order valence-electron chi connectivity index (χ0n) is 17.2. The first kappa shape index (κ1) is 18.9. The maximum Gasteiger partial charge on any atom is 0.252 e. The Morgan fingerprint density at radius 1 is 0.839 bits per heavy atom. The fourth-order valence-corrected chi connectivity index (χ4v) is 4.06. The molecule has 150 valence electrons. The zero-order valence-corrected chi connectivity index (χ0v) is 17.2. The molecule has 0 unspecified atom stereocenters. The summed E-state index contributed by atoms with van der Waals surface area (Å²) in [5.41, 5.74) is 5.25. The molecular weight excluding hydrogens is 382 g/mol. The lowest BCUT2D eigenvalue weighted by Gasteiger charge is -2.13. The third-order valence-electron chi connectivity index (χ3n) is 5.60. The van der Waals surface area contributed by atoms with Gasteiger partial charge < -0.3 is 5.32 Å². The van der Waals surface area contributed by atoms with Gasteiger partial charge in [-0.1, -0.05) is 54.1 Å². The van der Waals surface area contributed by atoms with E-state index in [2.05, 4.69) is 58.6 Å². The maximum absolute atomic E-state index is 12.9. The number of pyridine rings is 2. The van der Waals surface area contributed by atoms with Crippen molar-refractivity contribution >= 4 is 27.5 Å². The number of benzene rings is 3. The summed E-state index contributed by atoms with van der Waals surface area (Å²) in [7, 11) is 0. The Balaban J connectivity index is 1.47. The van der Waals surface area contributed by atoms with Crippen LogP contribution in [0.25, 0.3) is 32.7 Å². The highest BCUT2D eigenvalue weighted by Gasteiger charge is 2.12. The molecule has 0 bridgehead atoms. The number of carbonyl (C=O) groups excluding carboxylic acids is 1. The molecule has 0 radical (unpaired) electrons. The molecule has 1 amide bonds. The van der Waals surface area contributed by atoms with Crippen LogP contribution in [0.5, 0.6) is 0 Å². The Hall–Kier alpha value is -4.05. The minimum Gasteiger partial charge on any atom is -0.348 e. The van der Waals surface area contributed by atoms with Crippen molar-refractivity contribution < 1.29 is 4.79 Å². The predicted octanol–water partition coefficient (Wildman–Crippen LogP) is 5.69. The van der Waals surface area contributed by atoms with Gasteiger partial charge in [-0.05, 0) is 52.6 Å². The van der Waals surface area contributed by atoms with Crippen molar-refractivity contribution in [2.45, 2.75) is 13.5 Å². The van der Waals surface area contributed by atoms with E-state index >= 15 is 0 Å². The molecule has 2 heterocycles. The summed E-state index contributed by atoms with van der Waals surface area (Å²) in [6, 6.07) is 22.3. The van der Waals surface area contributed by atoms with E-state index in [1.54, 1.807) is 12.4 Å². The standard InChI is InChI=1S/C27H21N3O/c1-18-4-2-5-19(14-18)22-9-8-21(26-17-29-13-11-24(22)26)16-30-27(31)25-7-3-6-20-15-28-12-10-23(20)25/h2-15,17H,16H2,1H3,(H,30,31). The molecule has 0 spiro atoms. The molecule has 4 nitrogen and oxygen atoms in total. The van der Waals surface area contributed by atoms with Gasteiger partial charge in [0.05, 0.1) is 0 Å². The van der Waals surface area contributed by atoms with Crippen molar-refractivity contribution in [3.8, 4) is 11.1 Å². The van der Waals surface area contributed by atoms with Crippen molar-refractivity contribution in [3.63, 3.8) is 0 Å². The summed E-state index contributed by atoms with van der Waals surface area (Å²) >= 11 is 0. The van der Waals surface area contributed by atoms with Gasteiger partial charge in [0, 0.05) is 47.7 Å². The van der Waals surface area contributed by atoms with Gasteiger partial charge in [0.1, 0.15) is 0 Å². The molecule has 0 atom stereocenters. The highest BCUT2D eigenvalue weighted by molar-refractivity contribution is 6.07. The van der Waals surface area contributed by atoms with Gasteiger partial charge >= 0.3 is 0 Å². The smallest absolute Gasteiger partial charge is 0.252 e. The number of hydrogen-bond donors (Lipinski definition) is 1. The molecule has 3 aromatic carbocycles. The third kappa shape index (κ3) is 3.64. The normalized spacial score (nSPS) is 11.0. The number of fused-ring (bicyclic) bond motifs is 2. The number of aryl methyl sites for hydroxylation is 1. The molecule has 5 rings (SSSR count). The minimum absolute atomic E-state index is 0.100. The molecule has 1 N–H and O–H groups in total. The molecule has 2 aromatic heterocycles. The van der Waals surface area contributed by atoms with Crippen LogP contribution in [0.15, 0.2) is 91.5 Å². The fraction of sp³-hybridized carbons (Fsp3) is 0.0741. The SMILES string of the molecule is Cc1cccc(-c2ccc(CNC(=O)c3cccc4cnccc34)c3cnccc23)c1. The molecule has 31 heavy (non-hydrogen) atoms. The number of aromatic nitrogens is 2. The molecule has 4 heteroatoms. The predicted molar refractivity (Wildman–Crippen MR) is 125 cm³/mol. The average molecular weight is 403 g/mol. The number of hydrogen-bond acceptors (Lipinski definition) is 3. The molecule has 0 aliphatic heterocycles. The first-order valence-corrected chi connectivity index (χ1v) is 10.2. The fourth-order valence-electron chi connectivity index (χ4n) is 4.06. The Labute approximate surface area is 180 Å². The lowest BCUT2D eigenvalue weighted by molar-refractivity contribution is 0.0952. The highest BCUT2D eigenvalue weighted by Crippen LogP contribution is 2.31. The Morgan fingerprint density at radius 3 is 2.52 bits per heavy atom. The zero-order chi connectivity index (χ0) is 21.2. The van der Waals surface area contributed by atoms with Gasteiger partial charge in [0.15, 0.2) is 0 Å². The number of nitrogens with zero attached hydrogens (tertiary/aromatic N) is 2. The van der Waals surface area contributed by atoms with Crippen LogP contribution in [0.4, 0.5) is 0 Å². The Bertz CT molecular complexity index is 1420. The van der Waals surface area contributed by atoms with E-state index in [1.165, 1.54) is 11.1 Å². The summed E-state index contributed by atoms with van der Waals surface area (Å²) in [5.74, 6) is -0.100. The van der Waals surface area contributed by atoms with E-state index in [1.807, 2.05) is 42.7 Å². The number of rotatable bonds is 4. The number of amides is 1. The summed E-state index contributed by atoms with van der Waals surface area (Å²) in [4.78, 5) is 21.4. The molecule has 0 saturated carbocycles. The largest absolute Gasteiger partial charge is 0.348 e. The van der Waals surface area contributed by atoms with Gasteiger partial charge in [0.2, 0.25) is 0 Å². The third-order valence-corrected chi connectivity index (χ3v) is 5.60. The summed E-state index contributed by atoms with van der Waals surface area (Å²) in [6.45, 7) is 2.52. The van der Waals surface area contributed by atoms with Crippen molar-refractivity contribution in [3.05, 3.63) is 108 Å². The number of carbonyl (C=O) groups is 1. The summed E-state index contributed by atoms with van der Waals surface area (Å²) < 4.78 is 0. The number of nitrogens with one attached hydrogen (secondary N) is 1. The Kier molecular flexibility index (Phi) is 4.89. The van der Waals surface area contributed by atoms with Crippen LogP contribution in [-0.4, -0.2) is 15.9 Å². The van der Waals surface area contributed by atoms with E-state index in [9.17, 15) is 4.79 Å². The second-order valence-electron chi connectivity index (χ2n) is 7.65. The van der Waals surface area contributed by atoms with Crippen LogP contribution in [-0.2, 0) is 6.54 Å². The molecule has 0 saturated heterocycles. The van der Waals surface area contributed by atoms with Crippen LogP contribution in [0, 0.1) is 6.92 Å². The first-order valence-electron chi connectivity index (χ1n) is 10.2. The van der Waals surface area contributed by atoms with E-state index in [0.717, 1.165) is 32.7 Å². The van der Waals surface area contributed by atoms with Crippen LogP contribution in [0.2, 0.25) is 0 Å². The molecule has 0 aliphatic rings. The van der Waals surface area contributed by atoms with Crippen molar-refractivity contribution in [2.24, 2.45) is 0 Å². The van der Waals surface area contributed by atoms with Gasteiger partial charge in [-0.15, -0.1) is 0 Å². The van der Waals surface area contributed by atoms with Gasteiger partial charge in [-0.2, -0.15) is 0 Å². The average Bonchev–Trinajstić information content (AvgIpc) is 2.82. The second kappa shape index (κ2) is 8.00.